The van der Waals surface area contributed by atoms with E-state index >= 15 is 0 Å². The average molecular weight is 284 g/mol. The van der Waals surface area contributed by atoms with Gasteiger partial charge >= 0.3 is 0 Å². The molecule has 112 valence electrons. The number of amides is 1. The van der Waals surface area contributed by atoms with Crippen molar-refractivity contribution in [2.45, 2.75) is 25.8 Å². The van der Waals surface area contributed by atoms with Gasteiger partial charge in [0.05, 0.1) is 0 Å². The molecule has 0 radical (unpaired) electrons. The molecule has 21 heavy (non-hydrogen) atoms. The van der Waals surface area contributed by atoms with Gasteiger partial charge in [0.2, 0.25) is 0 Å². The molecule has 2 rings (SSSR count). The molecule has 0 aliphatic carbocycles. The molecule has 0 heterocycles. The number of benzene rings is 2. The average Bonchev–Trinajstić information content (AvgIpc) is 2.50. The Labute approximate surface area is 127 Å². The van der Waals surface area contributed by atoms with Crippen molar-refractivity contribution in [3.05, 3.63) is 48.0 Å². The topological polar surface area (TPSA) is 32.3 Å². The van der Waals surface area contributed by atoms with Crippen LogP contribution >= 0.6 is 0 Å². The van der Waals surface area contributed by atoms with E-state index in [2.05, 4.69) is 37.3 Å². The van der Waals surface area contributed by atoms with Gasteiger partial charge < -0.3 is 10.2 Å². The van der Waals surface area contributed by atoms with Crippen molar-refractivity contribution < 1.29 is 4.79 Å². The first-order chi connectivity index (χ1) is 10.1. The fourth-order valence-electron chi connectivity index (χ4n) is 2.61. The summed E-state index contributed by atoms with van der Waals surface area (Å²) in [6.45, 7) is 2.89. The highest BCUT2D eigenvalue weighted by molar-refractivity contribution is 5.98. The zero-order valence-corrected chi connectivity index (χ0v) is 13.1. The summed E-state index contributed by atoms with van der Waals surface area (Å²) < 4.78 is 0. The predicted molar refractivity (Wildman–Crippen MR) is 88.7 cm³/mol. The van der Waals surface area contributed by atoms with Gasteiger partial charge in [0.25, 0.3) is 5.91 Å². The van der Waals surface area contributed by atoms with Crippen molar-refractivity contribution >= 4 is 16.7 Å². The number of nitrogens with one attached hydrogen (secondary N) is 1. The third-order valence-electron chi connectivity index (χ3n) is 3.98. The lowest BCUT2D eigenvalue weighted by molar-refractivity contribution is 0.0949. The first-order valence-electron chi connectivity index (χ1n) is 7.55. The second-order valence-corrected chi connectivity index (χ2v) is 5.63. The van der Waals surface area contributed by atoms with Crippen LogP contribution in [-0.2, 0) is 0 Å². The zero-order chi connectivity index (χ0) is 15.2. The summed E-state index contributed by atoms with van der Waals surface area (Å²) in [5.74, 6) is 0.00867. The molecule has 0 fully saturated rings. The number of hydrogen-bond donors (Lipinski definition) is 1. The molecule has 2 aromatic carbocycles. The SMILES string of the molecule is CCC(CCNC(=O)c1ccc2ccccc2c1)N(C)C. The van der Waals surface area contributed by atoms with Crippen molar-refractivity contribution in [2.24, 2.45) is 0 Å². The van der Waals surface area contributed by atoms with Crippen molar-refractivity contribution in [3.8, 4) is 0 Å². The maximum Gasteiger partial charge on any atom is 0.251 e. The van der Waals surface area contributed by atoms with Gasteiger partial charge in [0.15, 0.2) is 0 Å². The minimum absolute atomic E-state index is 0.00867. The Morgan fingerprint density at radius 1 is 1.14 bits per heavy atom. The molecule has 1 unspecified atom stereocenters. The van der Waals surface area contributed by atoms with Crippen LogP contribution in [0.2, 0.25) is 0 Å². The first kappa shape index (κ1) is 15.5. The maximum atomic E-state index is 12.2. The van der Waals surface area contributed by atoms with Crippen LogP contribution in [-0.4, -0.2) is 37.5 Å². The number of nitrogens with zero attached hydrogens (tertiary/aromatic N) is 1. The minimum Gasteiger partial charge on any atom is -0.352 e. The zero-order valence-electron chi connectivity index (χ0n) is 13.1. The Morgan fingerprint density at radius 2 is 1.86 bits per heavy atom. The standard InChI is InChI=1S/C18H24N2O/c1-4-17(20(2)3)11-12-19-18(21)16-10-9-14-7-5-6-8-15(14)13-16/h5-10,13,17H,4,11-12H2,1-3H3,(H,19,21). The molecular formula is C18H24N2O. The Morgan fingerprint density at radius 3 is 2.52 bits per heavy atom. The quantitative estimate of drug-likeness (QED) is 0.882. The summed E-state index contributed by atoms with van der Waals surface area (Å²) in [6, 6.07) is 14.4. The van der Waals surface area contributed by atoms with Crippen LogP contribution in [0.1, 0.15) is 30.1 Å². The third kappa shape index (κ3) is 4.05. The molecule has 0 aliphatic heterocycles. The lowest BCUT2D eigenvalue weighted by Crippen LogP contribution is -2.33. The minimum atomic E-state index is 0.00867. The molecule has 0 aromatic heterocycles. The number of hydrogen-bond acceptors (Lipinski definition) is 2. The van der Waals surface area contributed by atoms with Gasteiger partial charge in [-0.1, -0.05) is 37.3 Å². The molecule has 1 N–H and O–H groups in total. The molecule has 1 atom stereocenters. The summed E-state index contributed by atoms with van der Waals surface area (Å²) in [5.41, 5.74) is 0.728. The predicted octanol–water partition coefficient (Wildman–Crippen LogP) is 3.30. The van der Waals surface area contributed by atoms with E-state index in [1.165, 1.54) is 0 Å². The molecule has 0 saturated carbocycles. The van der Waals surface area contributed by atoms with Crippen LogP contribution in [0.3, 0.4) is 0 Å². The molecule has 0 aliphatic rings. The van der Waals surface area contributed by atoms with Crippen LogP contribution in [0.15, 0.2) is 42.5 Å². The summed E-state index contributed by atoms with van der Waals surface area (Å²) >= 11 is 0. The largest absolute Gasteiger partial charge is 0.352 e. The van der Waals surface area contributed by atoms with Crippen molar-refractivity contribution in [1.29, 1.82) is 0 Å². The maximum absolute atomic E-state index is 12.2. The Hall–Kier alpha value is -1.87. The summed E-state index contributed by atoms with van der Waals surface area (Å²) in [4.78, 5) is 14.4. The third-order valence-corrected chi connectivity index (χ3v) is 3.98. The lowest BCUT2D eigenvalue weighted by atomic mass is 10.1. The number of carbonyl (C=O) groups excluding carboxylic acids is 1. The molecule has 3 nitrogen and oxygen atoms in total. The van der Waals surface area contributed by atoms with Crippen LogP contribution in [0, 0.1) is 0 Å². The van der Waals surface area contributed by atoms with Gasteiger partial charge in [-0.25, -0.2) is 0 Å². The first-order valence-corrected chi connectivity index (χ1v) is 7.55. The van der Waals surface area contributed by atoms with E-state index < -0.39 is 0 Å². The fraction of sp³-hybridized carbons (Fsp3) is 0.389. The molecule has 0 bridgehead atoms. The molecular weight excluding hydrogens is 260 g/mol. The smallest absolute Gasteiger partial charge is 0.251 e. The van der Waals surface area contributed by atoms with Crippen LogP contribution in [0.4, 0.5) is 0 Å². The van der Waals surface area contributed by atoms with Gasteiger partial charge in [-0.2, -0.15) is 0 Å². The summed E-state index contributed by atoms with van der Waals surface area (Å²) in [5, 5.41) is 5.28. The van der Waals surface area contributed by atoms with E-state index in [0.717, 1.165) is 29.2 Å². The molecule has 3 heteroatoms. The summed E-state index contributed by atoms with van der Waals surface area (Å²) in [6.07, 6.45) is 2.07. The lowest BCUT2D eigenvalue weighted by Gasteiger charge is -2.22. The van der Waals surface area contributed by atoms with Crippen molar-refractivity contribution in [3.63, 3.8) is 0 Å². The van der Waals surface area contributed by atoms with Gasteiger partial charge in [-0.15, -0.1) is 0 Å². The normalized spacial score (nSPS) is 12.6. The monoisotopic (exact) mass is 284 g/mol. The second-order valence-electron chi connectivity index (χ2n) is 5.63. The van der Waals surface area contributed by atoms with Crippen LogP contribution in [0.5, 0.6) is 0 Å². The molecule has 0 saturated heterocycles. The van der Waals surface area contributed by atoms with Gasteiger partial charge in [-0.05, 0) is 49.8 Å². The molecule has 0 spiro atoms. The van der Waals surface area contributed by atoms with E-state index in [0.29, 0.717) is 12.6 Å². The second kappa shape index (κ2) is 7.23. The van der Waals surface area contributed by atoms with E-state index in [9.17, 15) is 4.79 Å². The van der Waals surface area contributed by atoms with E-state index in [4.69, 9.17) is 0 Å². The summed E-state index contributed by atoms with van der Waals surface area (Å²) in [7, 11) is 4.17. The van der Waals surface area contributed by atoms with Gasteiger partial charge in [0.1, 0.15) is 0 Å². The molecule has 1 amide bonds. The van der Waals surface area contributed by atoms with E-state index in [-0.39, 0.29) is 5.91 Å². The van der Waals surface area contributed by atoms with Crippen LogP contribution in [0.25, 0.3) is 10.8 Å². The molecule has 2 aromatic rings. The van der Waals surface area contributed by atoms with Crippen molar-refractivity contribution in [2.75, 3.05) is 20.6 Å². The Kier molecular flexibility index (Phi) is 5.34. The highest BCUT2D eigenvalue weighted by Crippen LogP contribution is 2.15. The van der Waals surface area contributed by atoms with Crippen molar-refractivity contribution in [1.82, 2.24) is 10.2 Å². The number of rotatable bonds is 6. The van der Waals surface area contributed by atoms with E-state index in [1.807, 2.05) is 36.4 Å². The number of fused-ring (bicyclic) bond motifs is 1. The Balaban J connectivity index is 1.96. The highest BCUT2D eigenvalue weighted by atomic mass is 16.1. The van der Waals surface area contributed by atoms with Gasteiger partial charge in [-0.3, -0.25) is 4.79 Å². The number of carbonyl (C=O) groups is 1. The van der Waals surface area contributed by atoms with Crippen LogP contribution < -0.4 is 5.32 Å². The van der Waals surface area contributed by atoms with E-state index in [1.54, 1.807) is 0 Å². The highest BCUT2D eigenvalue weighted by Gasteiger charge is 2.10. The Bertz CT molecular complexity index is 607. The fourth-order valence-corrected chi connectivity index (χ4v) is 2.61. The van der Waals surface area contributed by atoms with Gasteiger partial charge in [0, 0.05) is 18.2 Å².